The zero-order valence-corrected chi connectivity index (χ0v) is 20.7. The Balaban J connectivity index is 0.00000320. The summed E-state index contributed by atoms with van der Waals surface area (Å²) in [7, 11) is 3.55. The molecule has 0 atom stereocenters. The van der Waals surface area contributed by atoms with Gasteiger partial charge >= 0.3 is 0 Å². The lowest BCUT2D eigenvalue weighted by molar-refractivity contribution is 0.178. The molecule has 1 fully saturated rings. The van der Waals surface area contributed by atoms with E-state index < -0.39 is 0 Å². The second-order valence-corrected chi connectivity index (χ2v) is 7.80. The first-order valence-corrected chi connectivity index (χ1v) is 10.5. The highest BCUT2D eigenvalue weighted by atomic mass is 127. The van der Waals surface area contributed by atoms with Crippen molar-refractivity contribution in [2.24, 2.45) is 10.9 Å². The number of rotatable bonds is 7. The number of guanidine groups is 1. The number of benzene rings is 2. The minimum Gasteiger partial charge on any atom is -0.497 e. The van der Waals surface area contributed by atoms with Crippen molar-refractivity contribution in [2.45, 2.75) is 32.9 Å². The number of nitrogens with one attached hydrogen (secondary N) is 2. The Morgan fingerprint density at radius 3 is 2.40 bits per heavy atom. The monoisotopic (exact) mass is 522 g/mol. The molecule has 0 unspecified atom stereocenters. The number of nitrogens with zero attached hydrogens (tertiary/aromatic N) is 2. The smallest absolute Gasteiger partial charge is 0.191 e. The van der Waals surface area contributed by atoms with E-state index in [1.807, 2.05) is 19.2 Å². The lowest BCUT2D eigenvalue weighted by Crippen LogP contribution is -2.42. The fourth-order valence-electron chi connectivity index (χ4n) is 3.79. The van der Waals surface area contributed by atoms with Crippen molar-refractivity contribution in [2.75, 3.05) is 33.8 Å². The van der Waals surface area contributed by atoms with Gasteiger partial charge in [-0.1, -0.05) is 36.4 Å². The summed E-state index contributed by atoms with van der Waals surface area (Å²) in [6, 6.07) is 16.9. The zero-order chi connectivity index (χ0) is 20.5. The quantitative estimate of drug-likeness (QED) is 0.325. The highest BCUT2D eigenvalue weighted by Crippen LogP contribution is 2.19. The van der Waals surface area contributed by atoms with Gasteiger partial charge in [0.05, 0.1) is 7.11 Å². The maximum atomic E-state index is 5.24. The molecular formula is C24H35IN4O. The predicted molar refractivity (Wildman–Crippen MR) is 136 cm³/mol. The van der Waals surface area contributed by atoms with E-state index in [-0.39, 0.29) is 24.0 Å². The minimum absolute atomic E-state index is 0. The molecule has 164 valence electrons. The molecule has 0 saturated carbocycles. The molecule has 0 aliphatic carbocycles. The molecule has 1 saturated heterocycles. The largest absolute Gasteiger partial charge is 0.497 e. The maximum Gasteiger partial charge on any atom is 0.191 e. The van der Waals surface area contributed by atoms with E-state index in [1.54, 1.807) is 7.11 Å². The Bertz CT molecular complexity index is 786. The van der Waals surface area contributed by atoms with Gasteiger partial charge in [0.25, 0.3) is 0 Å². The number of hydrogen-bond acceptors (Lipinski definition) is 3. The summed E-state index contributed by atoms with van der Waals surface area (Å²) in [5, 5.41) is 6.95. The van der Waals surface area contributed by atoms with Crippen LogP contribution < -0.4 is 15.4 Å². The van der Waals surface area contributed by atoms with Crippen LogP contribution in [-0.4, -0.2) is 44.7 Å². The van der Waals surface area contributed by atoms with Crippen LogP contribution in [0.4, 0.5) is 0 Å². The molecule has 0 amide bonds. The van der Waals surface area contributed by atoms with E-state index in [4.69, 9.17) is 4.74 Å². The molecule has 1 aliphatic rings. The van der Waals surface area contributed by atoms with Gasteiger partial charge in [-0.25, -0.2) is 0 Å². The summed E-state index contributed by atoms with van der Waals surface area (Å²) in [6.45, 7) is 7.23. The van der Waals surface area contributed by atoms with Gasteiger partial charge in [0.15, 0.2) is 5.96 Å². The molecule has 5 nitrogen and oxygen atoms in total. The molecule has 30 heavy (non-hydrogen) atoms. The van der Waals surface area contributed by atoms with Crippen LogP contribution in [0.5, 0.6) is 5.75 Å². The predicted octanol–water partition coefficient (Wildman–Crippen LogP) is 4.20. The number of ether oxygens (including phenoxy) is 1. The summed E-state index contributed by atoms with van der Waals surface area (Å²) in [5.41, 5.74) is 3.96. The average molecular weight is 522 g/mol. The number of aliphatic imine (C=N–C) groups is 1. The maximum absolute atomic E-state index is 5.24. The van der Waals surface area contributed by atoms with E-state index in [1.165, 1.54) is 29.5 Å². The molecular weight excluding hydrogens is 487 g/mol. The van der Waals surface area contributed by atoms with Gasteiger partial charge in [0, 0.05) is 26.7 Å². The fourth-order valence-corrected chi connectivity index (χ4v) is 3.79. The van der Waals surface area contributed by atoms with E-state index in [2.05, 4.69) is 63.8 Å². The third kappa shape index (κ3) is 7.47. The van der Waals surface area contributed by atoms with Crippen LogP contribution in [0, 0.1) is 12.8 Å². The van der Waals surface area contributed by atoms with Crippen molar-refractivity contribution in [1.82, 2.24) is 15.5 Å². The third-order valence-electron chi connectivity index (χ3n) is 5.76. The first kappa shape index (κ1) is 24.5. The number of hydrogen-bond donors (Lipinski definition) is 2. The van der Waals surface area contributed by atoms with Crippen molar-refractivity contribution in [3.8, 4) is 5.75 Å². The van der Waals surface area contributed by atoms with E-state index in [9.17, 15) is 0 Å². The third-order valence-corrected chi connectivity index (χ3v) is 5.76. The SMILES string of the molecule is CN=C(NCc1ccccc1C)NCC1CCN(Cc2ccc(OC)cc2)CC1.I. The van der Waals surface area contributed by atoms with Crippen LogP contribution in [0.25, 0.3) is 0 Å². The van der Waals surface area contributed by atoms with E-state index in [0.717, 1.165) is 44.4 Å². The first-order valence-electron chi connectivity index (χ1n) is 10.5. The van der Waals surface area contributed by atoms with Gasteiger partial charge in [-0.05, 0) is 67.6 Å². The van der Waals surface area contributed by atoms with Crippen LogP contribution in [0.15, 0.2) is 53.5 Å². The molecule has 0 radical (unpaired) electrons. The molecule has 6 heteroatoms. The molecule has 0 aromatic heterocycles. The van der Waals surface area contributed by atoms with Crippen LogP contribution in [0.1, 0.15) is 29.5 Å². The summed E-state index contributed by atoms with van der Waals surface area (Å²) in [4.78, 5) is 6.92. The molecule has 2 N–H and O–H groups in total. The van der Waals surface area contributed by atoms with Gasteiger partial charge in [0.1, 0.15) is 5.75 Å². The summed E-state index contributed by atoms with van der Waals surface area (Å²) in [5.74, 6) is 2.50. The number of aryl methyl sites for hydroxylation is 1. The van der Waals surface area contributed by atoms with Gasteiger partial charge < -0.3 is 15.4 Å². The van der Waals surface area contributed by atoms with Crippen LogP contribution in [0.3, 0.4) is 0 Å². The fraction of sp³-hybridized carbons (Fsp3) is 0.458. The Morgan fingerprint density at radius 2 is 1.77 bits per heavy atom. The Labute approximate surface area is 198 Å². The van der Waals surface area contributed by atoms with E-state index >= 15 is 0 Å². The first-order chi connectivity index (χ1) is 14.2. The molecule has 1 aliphatic heterocycles. The van der Waals surface area contributed by atoms with Gasteiger partial charge in [0.2, 0.25) is 0 Å². The van der Waals surface area contributed by atoms with Crippen LogP contribution in [0.2, 0.25) is 0 Å². The minimum atomic E-state index is 0. The molecule has 1 heterocycles. The Hall–Kier alpha value is -1.80. The number of methoxy groups -OCH3 is 1. The molecule has 0 bridgehead atoms. The van der Waals surface area contributed by atoms with Gasteiger partial charge in [-0.3, -0.25) is 9.89 Å². The van der Waals surface area contributed by atoms with Crippen molar-refractivity contribution < 1.29 is 4.74 Å². The van der Waals surface area contributed by atoms with Gasteiger partial charge in [-0.2, -0.15) is 0 Å². The van der Waals surface area contributed by atoms with E-state index in [0.29, 0.717) is 5.92 Å². The Kier molecular flexibility index (Phi) is 10.4. The number of piperidine rings is 1. The van der Waals surface area contributed by atoms with Crippen molar-refractivity contribution >= 4 is 29.9 Å². The zero-order valence-electron chi connectivity index (χ0n) is 18.4. The van der Waals surface area contributed by atoms with Crippen molar-refractivity contribution in [1.29, 1.82) is 0 Å². The summed E-state index contributed by atoms with van der Waals surface area (Å²) >= 11 is 0. The molecule has 2 aromatic rings. The molecule has 2 aromatic carbocycles. The standard InChI is InChI=1S/C24H34N4O.HI/c1-19-6-4-5-7-22(19)17-27-24(25-2)26-16-20-12-14-28(15-13-20)18-21-8-10-23(29-3)11-9-21;/h4-11,20H,12-18H2,1-3H3,(H2,25,26,27);1H. The highest BCUT2D eigenvalue weighted by Gasteiger charge is 2.19. The topological polar surface area (TPSA) is 48.9 Å². The normalized spacial score (nSPS) is 15.4. The Morgan fingerprint density at radius 1 is 1.07 bits per heavy atom. The lowest BCUT2D eigenvalue weighted by atomic mass is 9.96. The summed E-state index contributed by atoms with van der Waals surface area (Å²) in [6.07, 6.45) is 2.44. The van der Waals surface area contributed by atoms with Crippen LogP contribution in [-0.2, 0) is 13.1 Å². The second-order valence-electron chi connectivity index (χ2n) is 7.80. The number of halogens is 1. The van der Waals surface area contributed by atoms with Crippen molar-refractivity contribution in [3.63, 3.8) is 0 Å². The molecule has 0 spiro atoms. The van der Waals surface area contributed by atoms with Gasteiger partial charge in [-0.15, -0.1) is 24.0 Å². The van der Waals surface area contributed by atoms with Crippen LogP contribution >= 0.6 is 24.0 Å². The lowest BCUT2D eigenvalue weighted by Gasteiger charge is -2.32. The second kappa shape index (κ2) is 12.8. The molecule has 3 rings (SSSR count). The number of likely N-dealkylation sites (tertiary alicyclic amines) is 1. The highest BCUT2D eigenvalue weighted by molar-refractivity contribution is 14.0. The summed E-state index contributed by atoms with van der Waals surface area (Å²) < 4.78 is 5.24. The van der Waals surface area contributed by atoms with Crippen molar-refractivity contribution in [3.05, 3.63) is 65.2 Å². The average Bonchev–Trinajstić information content (AvgIpc) is 2.76.